The molecule has 1 amide bonds. The van der Waals surface area contributed by atoms with E-state index in [4.69, 9.17) is 4.74 Å². The molecule has 1 heterocycles. The van der Waals surface area contributed by atoms with Gasteiger partial charge in [-0.1, -0.05) is 34.6 Å². The summed E-state index contributed by atoms with van der Waals surface area (Å²) in [6.07, 6.45) is 2.12. The predicted octanol–water partition coefficient (Wildman–Crippen LogP) is 2.49. The first-order valence-electron chi connectivity index (χ1n) is 7.90. The highest BCUT2D eigenvalue weighted by Gasteiger charge is 2.39. The van der Waals surface area contributed by atoms with Gasteiger partial charge in [0.15, 0.2) is 0 Å². The molecule has 4 nitrogen and oxygen atoms in total. The highest BCUT2D eigenvalue weighted by atomic mass is 16.5. The summed E-state index contributed by atoms with van der Waals surface area (Å²) in [5.41, 5.74) is 0. The summed E-state index contributed by atoms with van der Waals surface area (Å²) in [6.45, 7) is 12.4. The molecule has 1 rings (SSSR count). The van der Waals surface area contributed by atoms with E-state index >= 15 is 0 Å². The van der Waals surface area contributed by atoms with Crippen LogP contribution >= 0.6 is 0 Å². The minimum atomic E-state index is -0.00602. The maximum absolute atomic E-state index is 12.6. The van der Waals surface area contributed by atoms with Crippen molar-refractivity contribution in [2.75, 3.05) is 20.3 Å². The van der Waals surface area contributed by atoms with E-state index in [-0.39, 0.29) is 18.1 Å². The van der Waals surface area contributed by atoms with Gasteiger partial charge in [0.05, 0.1) is 18.8 Å². The third kappa shape index (κ3) is 5.06. The number of ether oxygens (including phenoxy) is 1. The lowest BCUT2D eigenvalue weighted by molar-refractivity contribution is -0.131. The average Bonchev–Trinajstić information content (AvgIpc) is 2.56. The van der Waals surface area contributed by atoms with Crippen LogP contribution in [-0.2, 0) is 9.53 Å². The smallest absolute Gasteiger partial charge is 0.241 e. The summed E-state index contributed by atoms with van der Waals surface area (Å²) in [6, 6.07) is -0.00602. The Morgan fingerprint density at radius 1 is 1.15 bits per heavy atom. The molecule has 0 aliphatic carbocycles. The zero-order chi connectivity index (χ0) is 15.3. The number of nitrogens with zero attached hydrogens (tertiary/aromatic N) is 1. The van der Waals surface area contributed by atoms with Crippen LogP contribution in [0.3, 0.4) is 0 Å². The quantitative estimate of drug-likeness (QED) is 0.744. The van der Waals surface area contributed by atoms with Crippen LogP contribution in [0.1, 0.15) is 47.5 Å². The van der Waals surface area contributed by atoms with E-state index < -0.39 is 0 Å². The normalized spacial score (nSPS) is 25.0. The molecule has 1 N–H and O–H groups in total. The minimum absolute atomic E-state index is 0.00602. The van der Waals surface area contributed by atoms with Crippen molar-refractivity contribution in [2.45, 2.75) is 59.7 Å². The molecule has 118 valence electrons. The standard InChI is InChI=1S/C16H32N2O2/c1-11(2)7-14-16(19)18(9-13(5)10-20-6)15(17-14)8-12(3)4/h11-15,17H,7-10H2,1-6H3. The van der Waals surface area contributed by atoms with Crippen molar-refractivity contribution in [3.8, 4) is 0 Å². The van der Waals surface area contributed by atoms with Crippen molar-refractivity contribution in [1.29, 1.82) is 0 Å². The fourth-order valence-corrected chi connectivity index (χ4v) is 2.92. The Morgan fingerprint density at radius 2 is 1.75 bits per heavy atom. The van der Waals surface area contributed by atoms with Crippen LogP contribution in [0.5, 0.6) is 0 Å². The number of hydrogen-bond donors (Lipinski definition) is 1. The maximum atomic E-state index is 12.6. The van der Waals surface area contributed by atoms with Crippen molar-refractivity contribution in [1.82, 2.24) is 10.2 Å². The van der Waals surface area contributed by atoms with Gasteiger partial charge in [0.1, 0.15) is 0 Å². The van der Waals surface area contributed by atoms with E-state index in [1.54, 1.807) is 7.11 Å². The molecule has 0 aromatic heterocycles. The van der Waals surface area contributed by atoms with Gasteiger partial charge in [-0.2, -0.15) is 0 Å². The van der Waals surface area contributed by atoms with Crippen LogP contribution in [-0.4, -0.2) is 43.3 Å². The van der Waals surface area contributed by atoms with Gasteiger partial charge in [-0.3, -0.25) is 10.1 Å². The molecule has 0 radical (unpaired) electrons. The molecule has 1 saturated heterocycles. The van der Waals surface area contributed by atoms with E-state index in [1.807, 2.05) is 4.90 Å². The van der Waals surface area contributed by atoms with E-state index in [1.165, 1.54) is 0 Å². The molecule has 20 heavy (non-hydrogen) atoms. The zero-order valence-electron chi connectivity index (χ0n) is 14.0. The van der Waals surface area contributed by atoms with Gasteiger partial charge < -0.3 is 9.64 Å². The SMILES string of the molecule is COCC(C)CN1C(=O)C(CC(C)C)NC1CC(C)C. The molecule has 1 aliphatic heterocycles. The lowest BCUT2D eigenvalue weighted by Gasteiger charge is -2.28. The Hall–Kier alpha value is -0.610. The second-order valence-electron chi connectivity index (χ2n) is 7.05. The van der Waals surface area contributed by atoms with E-state index in [2.05, 4.69) is 39.9 Å². The summed E-state index contributed by atoms with van der Waals surface area (Å²) in [5, 5.41) is 3.54. The monoisotopic (exact) mass is 284 g/mol. The number of rotatable bonds is 8. The third-order valence-electron chi connectivity index (χ3n) is 3.71. The van der Waals surface area contributed by atoms with Gasteiger partial charge in [0.2, 0.25) is 5.91 Å². The van der Waals surface area contributed by atoms with Crippen molar-refractivity contribution in [3.63, 3.8) is 0 Å². The Bertz CT molecular complexity index is 305. The van der Waals surface area contributed by atoms with Gasteiger partial charge >= 0.3 is 0 Å². The lowest BCUT2D eigenvalue weighted by atomic mass is 10.0. The molecule has 0 bridgehead atoms. The fourth-order valence-electron chi connectivity index (χ4n) is 2.92. The molecule has 3 atom stereocenters. The molecule has 1 fully saturated rings. The van der Waals surface area contributed by atoms with Crippen LogP contribution in [0.2, 0.25) is 0 Å². The van der Waals surface area contributed by atoms with Gasteiger partial charge in [-0.05, 0) is 30.6 Å². The number of carbonyl (C=O) groups excluding carboxylic acids is 1. The van der Waals surface area contributed by atoms with Gasteiger partial charge in [-0.25, -0.2) is 0 Å². The molecular weight excluding hydrogens is 252 g/mol. The van der Waals surface area contributed by atoms with Crippen molar-refractivity contribution < 1.29 is 9.53 Å². The third-order valence-corrected chi connectivity index (χ3v) is 3.71. The summed E-state index contributed by atoms with van der Waals surface area (Å²) in [7, 11) is 1.72. The van der Waals surface area contributed by atoms with Gasteiger partial charge in [-0.15, -0.1) is 0 Å². The summed E-state index contributed by atoms with van der Waals surface area (Å²) >= 11 is 0. The van der Waals surface area contributed by atoms with Crippen LogP contribution in [0.15, 0.2) is 0 Å². The lowest BCUT2D eigenvalue weighted by Crippen LogP contribution is -2.41. The zero-order valence-corrected chi connectivity index (χ0v) is 14.0. The number of hydrogen-bond acceptors (Lipinski definition) is 3. The first-order chi connectivity index (χ1) is 9.35. The van der Waals surface area contributed by atoms with Crippen molar-refractivity contribution in [3.05, 3.63) is 0 Å². The van der Waals surface area contributed by atoms with Gasteiger partial charge in [0, 0.05) is 13.7 Å². The largest absolute Gasteiger partial charge is 0.384 e. The molecular formula is C16H32N2O2. The number of nitrogens with one attached hydrogen (secondary N) is 1. The minimum Gasteiger partial charge on any atom is -0.384 e. The molecule has 1 aliphatic rings. The predicted molar refractivity (Wildman–Crippen MR) is 82.4 cm³/mol. The first kappa shape index (κ1) is 17.4. The molecule has 3 unspecified atom stereocenters. The molecule has 0 spiro atoms. The van der Waals surface area contributed by atoms with E-state index in [0.717, 1.165) is 19.4 Å². The summed E-state index contributed by atoms with van der Waals surface area (Å²) < 4.78 is 5.20. The van der Waals surface area contributed by atoms with Crippen LogP contribution in [0.4, 0.5) is 0 Å². The van der Waals surface area contributed by atoms with Crippen molar-refractivity contribution >= 4 is 5.91 Å². The Morgan fingerprint density at radius 3 is 2.25 bits per heavy atom. The second kappa shape index (κ2) is 7.99. The number of carbonyl (C=O) groups is 1. The number of methoxy groups -OCH3 is 1. The Kier molecular flexibility index (Phi) is 6.96. The Labute approximate surface area is 124 Å². The fraction of sp³-hybridized carbons (Fsp3) is 0.938. The van der Waals surface area contributed by atoms with Gasteiger partial charge in [0.25, 0.3) is 0 Å². The molecule has 0 aromatic carbocycles. The Balaban J connectivity index is 2.71. The highest BCUT2D eigenvalue weighted by molar-refractivity contribution is 5.84. The van der Waals surface area contributed by atoms with E-state index in [0.29, 0.717) is 24.4 Å². The van der Waals surface area contributed by atoms with Crippen molar-refractivity contribution in [2.24, 2.45) is 17.8 Å². The second-order valence-corrected chi connectivity index (χ2v) is 7.05. The summed E-state index contributed by atoms with van der Waals surface area (Å²) in [5.74, 6) is 1.76. The number of amides is 1. The van der Waals surface area contributed by atoms with Crippen LogP contribution in [0, 0.1) is 17.8 Å². The topological polar surface area (TPSA) is 41.6 Å². The molecule has 0 aromatic rings. The van der Waals surface area contributed by atoms with Crippen LogP contribution in [0.25, 0.3) is 0 Å². The first-order valence-corrected chi connectivity index (χ1v) is 7.90. The average molecular weight is 284 g/mol. The summed E-state index contributed by atoms with van der Waals surface area (Å²) in [4.78, 5) is 14.6. The maximum Gasteiger partial charge on any atom is 0.241 e. The molecule has 4 heteroatoms. The van der Waals surface area contributed by atoms with E-state index in [9.17, 15) is 4.79 Å². The van der Waals surface area contributed by atoms with Crippen LogP contribution < -0.4 is 5.32 Å². The molecule has 0 saturated carbocycles. The highest BCUT2D eigenvalue weighted by Crippen LogP contribution is 2.22.